The molecule has 1 aliphatic heterocycles. The molecule has 0 atom stereocenters. The first kappa shape index (κ1) is 18.2. The van der Waals surface area contributed by atoms with Gasteiger partial charge >= 0.3 is 6.03 Å². The van der Waals surface area contributed by atoms with E-state index >= 15 is 0 Å². The minimum atomic E-state index is -0.0936. The SMILES string of the molecule is COc1ccc(NC(=O)N2CCN(c3ccc(-c4cccs4)nn3)CC2)cc1. The van der Waals surface area contributed by atoms with Crippen LogP contribution >= 0.6 is 11.3 Å². The molecule has 4 rings (SSSR count). The van der Waals surface area contributed by atoms with Crippen molar-refractivity contribution >= 4 is 28.9 Å². The second kappa shape index (κ2) is 8.26. The van der Waals surface area contributed by atoms with E-state index in [1.54, 1.807) is 18.4 Å². The number of hydrogen-bond donors (Lipinski definition) is 1. The van der Waals surface area contributed by atoms with Gasteiger partial charge in [-0.15, -0.1) is 21.5 Å². The maximum atomic E-state index is 12.5. The van der Waals surface area contributed by atoms with E-state index in [1.165, 1.54) is 0 Å². The minimum absolute atomic E-state index is 0.0936. The Hall–Kier alpha value is -3.13. The Morgan fingerprint density at radius 1 is 1.04 bits per heavy atom. The maximum Gasteiger partial charge on any atom is 0.321 e. The monoisotopic (exact) mass is 395 g/mol. The minimum Gasteiger partial charge on any atom is -0.497 e. The molecule has 0 saturated carbocycles. The topological polar surface area (TPSA) is 70.6 Å². The summed E-state index contributed by atoms with van der Waals surface area (Å²) >= 11 is 1.65. The number of nitrogens with zero attached hydrogens (tertiary/aromatic N) is 4. The molecule has 1 aliphatic rings. The number of nitrogens with one attached hydrogen (secondary N) is 1. The number of hydrogen-bond acceptors (Lipinski definition) is 6. The summed E-state index contributed by atoms with van der Waals surface area (Å²) in [7, 11) is 1.62. The van der Waals surface area contributed by atoms with Crippen molar-refractivity contribution in [2.45, 2.75) is 0 Å². The fourth-order valence-electron chi connectivity index (χ4n) is 3.07. The number of carbonyl (C=O) groups excluding carboxylic acids is 1. The van der Waals surface area contributed by atoms with Gasteiger partial charge in [0.15, 0.2) is 5.82 Å². The number of rotatable bonds is 4. The summed E-state index contributed by atoms with van der Waals surface area (Å²) in [6.45, 7) is 2.72. The molecule has 1 N–H and O–H groups in total. The van der Waals surface area contributed by atoms with Crippen molar-refractivity contribution in [3.63, 3.8) is 0 Å². The van der Waals surface area contributed by atoms with Gasteiger partial charge in [-0.25, -0.2) is 4.79 Å². The molecule has 2 amide bonds. The summed E-state index contributed by atoms with van der Waals surface area (Å²) in [4.78, 5) is 17.6. The number of aromatic nitrogens is 2. The lowest BCUT2D eigenvalue weighted by atomic mass is 10.3. The molecule has 1 aromatic carbocycles. The van der Waals surface area contributed by atoms with Gasteiger partial charge in [0.25, 0.3) is 0 Å². The first-order chi connectivity index (χ1) is 13.7. The Morgan fingerprint density at radius 2 is 1.82 bits per heavy atom. The highest BCUT2D eigenvalue weighted by Crippen LogP contribution is 2.23. The summed E-state index contributed by atoms with van der Waals surface area (Å²) in [5, 5.41) is 13.7. The van der Waals surface area contributed by atoms with Crippen LogP contribution in [0.2, 0.25) is 0 Å². The number of urea groups is 1. The molecular formula is C20H21N5O2S. The predicted octanol–water partition coefficient (Wildman–Crippen LogP) is 3.57. The van der Waals surface area contributed by atoms with Gasteiger partial charge in [-0.3, -0.25) is 0 Å². The van der Waals surface area contributed by atoms with Crippen LogP contribution in [0, 0.1) is 0 Å². The third-order valence-electron chi connectivity index (χ3n) is 4.66. The van der Waals surface area contributed by atoms with Crippen LogP contribution in [0.15, 0.2) is 53.9 Å². The van der Waals surface area contributed by atoms with E-state index in [0.717, 1.165) is 40.9 Å². The van der Waals surface area contributed by atoms with E-state index in [1.807, 2.05) is 58.8 Å². The van der Waals surface area contributed by atoms with Crippen molar-refractivity contribution in [3.05, 3.63) is 53.9 Å². The van der Waals surface area contributed by atoms with Crippen molar-refractivity contribution in [3.8, 4) is 16.3 Å². The zero-order chi connectivity index (χ0) is 19.3. The van der Waals surface area contributed by atoms with Crippen molar-refractivity contribution in [2.75, 3.05) is 43.5 Å². The van der Waals surface area contributed by atoms with E-state index in [4.69, 9.17) is 4.74 Å². The molecule has 3 aromatic rings. The van der Waals surface area contributed by atoms with Crippen LogP contribution in [0.3, 0.4) is 0 Å². The lowest BCUT2D eigenvalue weighted by molar-refractivity contribution is 0.208. The zero-order valence-electron chi connectivity index (χ0n) is 15.5. The van der Waals surface area contributed by atoms with Crippen molar-refractivity contribution in [2.24, 2.45) is 0 Å². The van der Waals surface area contributed by atoms with Gasteiger partial charge in [0.1, 0.15) is 11.4 Å². The number of methoxy groups -OCH3 is 1. The smallest absolute Gasteiger partial charge is 0.321 e. The number of anilines is 2. The molecule has 0 bridgehead atoms. The van der Waals surface area contributed by atoms with Crippen LogP contribution in [0.4, 0.5) is 16.3 Å². The molecule has 7 nitrogen and oxygen atoms in total. The van der Waals surface area contributed by atoms with Crippen LogP contribution in [0.25, 0.3) is 10.6 Å². The Labute approximate surface area is 167 Å². The molecule has 1 saturated heterocycles. The van der Waals surface area contributed by atoms with Crippen LogP contribution in [0.1, 0.15) is 0 Å². The summed E-state index contributed by atoms with van der Waals surface area (Å²) in [5.74, 6) is 1.60. The molecular weight excluding hydrogens is 374 g/mol. The molecule has 2 aromatic heterocycles. The number of carbonyl (C=O) groups is 1. The van der Waals surface area contributed by atoms with E-state index in [-0.39, 0.29) is 6.03 Å². The number of ether oxygens (including phenoxy) is 1. The molecule has 3 heterocycles. The van der Waals surface area contributed by atoms with Gasteiger partial charge in [-0.2, -0.15) is 0 Å². The maximum absolute atomic E-state index is 12.5. The van der Waals surface area contributed by atoms with Gasteiger partial charge in [0.2, 0.25) is 0 Å². The summed E-state index contributed by atoms with van der Waals surface area (Å²) < 4.78 is 5.13. The molecule has 8 heteroatoms. The number of amides is 2. The highest BCUT2D eigenvalue weighted by molar-refractivity contribution is 7.13. The summed E-state index contributed by atoms with van der Waals surface area (Å²) in [5.41, 5.74) is 1.64. The quantitative estimate of drug-likeness (QED) is 0.731. The zero-order valence-corrected chi connectivity index (χ0v) is 16.4. The molecule has 0 unspecified atom stereocenters. The fraction of sp³-hybridized carbons (Fsp3) is 0.250. The standard InChI is InChI=1S/C20H21N5O2S/c1-27-16-6-4-15(5-7-16)21-20(26)25-12-10-24(11-13-25)19-9-8-17(22-23-19)18-3-2-14-28-18/h2-9,14H,10-13H2,1H3,(H,21,26). The van der Waals surface area contributed by atoms with Crippen molar-refractivity contribution in [1.82, 2.24) is 15.1 Å². The van der Waals surface area contributed by atoms with Crippen molar-refractivity contribution < 1.29 is 9.53 Å². The van der Waals surface area contributed by atoms with E-state index < -0.39 is 0 Å². The molecule has 0 spiro atoms. The lowest BCUT2D eigenvalue weighted by Crippen LogP contribution is -2.50. The van der Waals surface area contributed by atoms with Gasteiger partial charge in [-0.05, 0) is 47.8 Å². The summed E-state index contributed by atoms with van der Waals surface area (Å²) in [6.07, 6.45) is 0. The molecule has 0 radical (unpaired) electrons. The van der Waals surface area contributed by atoms with E-state index in [9.17, 15) is 4.79 Å². The third kappa shape index (κ3) is 4.07. The van der Waals surface area contributed by atoms with Crippen LogP contribution in [-0.4, -0.2) is 54.4 Å². The van der Waals surface area contributed by atoms with Crippen LogP contribution in [-0.2, 0) is 0 Å². The van der Waals surface area contributed by atoms with Crippen LogP contribution in [0.5, 0.6) is 5.75 Å². The van der Waals surface area contributed by atoms with Gasteiger partial charge < -0.3 is 19.9 Å². The third-order valence-corrected chi connectivity index (χ3v) is 5.55. The normalized spacial score (nSPS) is 14.0. The second-order valence-corrected chi connectivity index (χ2v) is 7.33. The fourth-order valence-corrected chi connectivity index (χ4v) is 3.76. The van der Waals surface area contributed by atoms with Gasteiger partial charge in [0, 0.05) is 31.9 Å². The molecule has 144 valence electrons. The van der Waals surface area contributed by atoms with Gasteiger partial charge in [-0.1, -0.05) is 6.07 Å². The first-order valence-electron chi connectivity index (χ1n) is 9.05. The van der Waals surface area contributed by atoms with E-state index in [0.29, 0.717) is 13.1 Å². The lowest BCUT2D eigenvalue weighted by Gasteiger charge is -2.35. The Morgan fingerprint density at radius 3 is 2.43 bits per heavy atom. The Balaban J connectivity index is 1.31. The predicted molar refractivity (Wildman–Crippen MR) is 111 cm³/mol. The van der Waals surface area contributed by atoms with E-state index in [2.05, 4.69) is 20.4 Å². The van der Waals surface area contributed by atoms with Crippen LogP contribution < -0.4 is 15.0 Å². The molecule has 28 heavy (non-hydrogen) atoms. The highest BCUT2D eigenvalue weighted by Gasteiger charge is 2.22. The number of benzene rings is 1. The molecule has 0 aliphatic carbocycles. The largest absolute Gasteiger partial charge is 0.497 e. The highest BCUT2D eigenvalue weighted by atomic mass is 32.1. The Bertz CT molecular complexity index is 905. The average Bonchev–Trinajstić information content (AvgIpc) is 3.29. The van der Waals surface area contributed by atoms with Crippen molar-refractivity contribution in [1.29, 1.82) is 0 Å². The summed E-state index contributed by atoms with van der Waals surface area (Å²) in [6, 6.07) is 15.3. The number of piperazine rings is 1. The second-order valence-electron chi connectivity index (χ2n) is 6.39. The number of thiophene rings is 1. The van der Waals surface area contributed by atoms with Gasteiger partial charge in [0.05, 0.1) is 12.0 Å². The molecule has 1 fully saturated rings. The Kier molecular flexibility index (Phi) is 5.38. The first-order valence-corrected chi connectivity index (χ1v) is 9.93. The average molecular weight is 395 g/mol.